The molecule has 8 aromatic carbocycles. The van der Waals surface area contributed by atoms with Crippen molar-refractivity contribution in [3.8, 4) is 28.3 Å². The zero-order chi connectivity index (χ0) is 40.3. The fourth-order valence-corrected chi connectivity index (χ4v) is 8.04. The van der Waals surface area contributed by atoms with E-state index in [0.717, 1.165) is 84.1 Å². The zero-order valence-electron chi connectivity index (χ0n) is 32.6. The maximum absolute atomic E-state index is 9.72. The number of benzene rings is 8. The highest BCUT2D eigenvalue weighted by Gasteiger charge is 2.25. The predicted octanol–water partition coefficient (Wildman–Crippen LogP) is 11.7. The Labute approximate surface area is 349 Å². The van der Waals surface area contributed by atoms with Crippen molar-refractivity contribution < 1.29 is 0 Å². The van der Waals surface area contributed by atoms with Crippen molar-refractivity contribution in [2.75, 3.05) is 0 Å². The van der Waals surface area contributed by atoms with Crippen molar-refractivity contribution >= 4 is 33.9 Å². The number of hydrogen-bond acceptors (Lipinski definition) is 6. The standard InChI is InChI=1S/C54H38N6/c55-35-36-27-29-38(30-28-36)48-33-42(54-59-52(40-18-6-2-7-19-40)58-53(60-54)41-20-8-3-9-21-41)31-32-45(48)44-24-12-13-25-47(44)50-34-49(56-51(57-50)39-16-4-1-5-17-39)46-26-14-22-37-15-10-11-23-43(37)46/h1-34,51,54,57H,(H,58,59,60). The number of nitrogens with one attached hydrogen (secondary N) is 2. The van der Waals surface area contributed by atoms with Crippen LogP contribution in [-0.4, -0.2) is 17.4 Å². The molecule has 0 saturated carbocycles. The summed E-state index contributed by atoms with van der Waals surface area (Å²) in [6.07, 6.45) is 1.37. The van der Waals surface area contributed by atoms with Gasteiger partial charge in [-0.1, -0.05) is 182 Å². The van der Waals surface area contributed by atoms with E-state index in [4.69, 9.17) is 15.0 Å². The number of hydrogen-bond donors (Lipinski definition) is 2. The second-order valence-corrected chi connectivity index (χ2v) is 14.8. The molecule has 60 heavy (non-hydrogen) atoms. The summed E-state index contributed by atoms with van der Waals surface area (Å²) in [7, 11) is 0. The summed E-state index contributed by atoms with van der Waals surface area (Å²) in [6, 6.07) is 70.8. The van der Waals surface area contributed by atoms with Crippen molar-refractivity contribution in [3.63, 3.8) is 0 Å². The van der Waals surface area contributed by atoms with Gasteiger partial charge in [-0.25, -0.2) is 9.98 Å². The average Bonchev–Trinajstić information content (AvgIpc) is 3.34. The second-order valence-electron chi connectivity index (χ2n) is 14.8. The van der Waals surface area contributed by atoms with E-state index in [9.17, 15) is 5.26 Å². The molecular weight excluding hydrogens is 733 g/mol. The van der Waals surface area contributed by atoms with E-state index >= 15 is 0 Å². The van der Waals surface area contributed by atoms with E-state index in [2.05, 4.69) is 156 Å². The number of nitriles is 1. The van der Waals surface area contributed by atoms with Crippen molar-refractivity contribution in [2.45, 2.75) is 12.3 Å². The number of fused-ring (bicyclic) bond motifs is 1. The number of rotatable bonds is 8. The van der Waals surface area contributed by atoms with Crippen LogP contribution in [0.1, 0.15) is 51.3 Å². The van der Waals surface area contributed by atoms with Crippen LogP contribution in [0, 0.1) is 11.3 Å². The first kappa shape index (κ1) is 36.2. The van der Waals surface area contributed by atoms with Gasteiger partial charge in [0.1, 0.15) is 17.8 Å². The summed E-state index contributed by atoms with van der Waals surface area (Å²) < 4.78 is 0. The van der Waals surface area contributed by atoms with E-state index in [1.807, 2.05) is 66.7 Å². The molecule has 0 fully saturated rings. The highest BCUT2D eigenvalue weighted by Crippen LogP contribution is 2.40. The fraction of sp³-hybridized carbons (Fsp3) is 0.0370. The van der Waals surface area contributed by atoms with Crippen molar-refractivity contribution in [3.05, 3.63) is 245 Å². The van der Waals surface area contributed by atoms with Gasteiger partial charge in [0.15, 0.2) is 6.17 Å². The lowest BCUT2D eigenvalue weighted by atomic mass is 9.88. The van der Waals surface area contributed by atoms with Gasteiger partial charge in [0.05, 0.1) is 17.3 Å². The molecule has 0 aliphatic carbocycles. The Morgan fingerprint density at radius 1 is 0.450 bits per heavy atom. The first-order valence-corrected chi connectivity index (χ1v) is 20.1. The highest BCUT2D eigenvalue weighted by atomic mass is 15.2. The van der Waals surface area contributed by atoms with Crippen LogP contribution in [-0.2, 0) is 0 Å². The average molecular weight is 771 g/mol. The summed E-state index contributed by atoms with van der Waals surface area (Å²) in [5.41, 5.74) is 12.7. The molecule has 0 bridgehead atoms. The predicted molar refractivity (Wildman–Crippen MR) is 245 cm³/mol. The Morgan fingerprint density at radius 3 is 1.73 bits per heavy atom. The summed E-state index contributed by atoms with van der Waals surface area (Å²) in [5.74, 6) is 1.52. The molecule has 1 atom stereocenters. The molecule has 2 N–H and O–H groups in total. The van der Waals surface area contributed by atoms with Gasteiger partial charge >= 0.3 is 0 Å². The second kappa shape index (κ2) is 16.0. The number of allylic oxidation sites excluding steroid dienone is 1. The van der Waals surface area contributed by atoms with Crippen molar-refractivity contribution in [1.29, 1.82) is 5.26 Å². The molecule has 284 valence electrons. The monoisotopic (exact) mass is 770 g/mol. The maximum Gasteiger partial charge on any atom is 0.169 e. The molecule has 0 aromatic heterocycles. The third-order valence-corrected chi connectivity index (χ3v) is 11.0. The van der Waals surface area contributed by atoms with E-state index in [1.165, 1.54) is 5.39 Å². The van der Waals surface area contributed by atoms with Crippen LogP contribution >= 0.6 is 0 Å². The summed E-state index contributed by atoms with van der Waals surface area (Å²) in [5, 5.41) is 19.4. The van der Waals surface area contributed by atoms with Crippen LogP contribution < -0.4 is 10.6 Å². The maximum atomic E-state index is 9.72. The molecule has 6 heteroatoms. The molecule has 0 saturated heterocycles. The van der Waals surface area contributed by atoms with E-state index in [-0.39, 0.29) is 6.17 Å². The van der Waals surface area contributed by atoms with Crippen molar-refractivity contribution in [2.24, 2.45) is 15.0 Å². The topological polar surface area (TPSA) is 84.9 Å². The first-order valence-electron chi connectivity index (χ1n) is 20.1. The Bertz CT molecular complexity index is 2970. The molecule has 0 radical (unpaired) electrons. The van der Waals surface area contributed by atoms with E-state index in [1.54, 1.807) is 0 Å². The Balaban J connectivity index is 1.13. The Kier molecular flexibility index (Phi) is 9.67. The lowest BCUT2D eigenvalue weighted by molar-refractivity contribution is 0.664. The molecule has 2 aliphatic heterocycles. The summed E-state index contributed by atoms with van der Waals surface area (Å²) >= 11 is 0. The van der Waals surface area contributed by atoms with Crippen LogP contribution in [0.5, 0.6) is 0 Å². The van der Waals surface area contributed by atoms with Crippen LogP contribution in [0.3, 0.4) is 0 Å². The molecule has 0 spiro atoms. The Hall–Kier alpha value is -8.14. The molecule has 6 nitrogen and oxygen atoms in total. The van der Waals surface area contributed by atoms with E-state index < -0.39 is 6.17 Å². The van der Waals surface area contributed by atoms with Crippen LogP contribution in [0.2, 0.25) is 0 Å². The molecule has 1 unspecified atom stereocenters. The lowest BCUT2D eigenvalue weighted by Gasteiger charge is -2.27. The lowest BCUT2D eigenvalue weighted by Crippen LogP contribution is -2.36. The smallest absolute Gasteiger partial charge is 0.169 e. The number of amidine groups is 2. The first-order chi connectivity index (χ1) is 29.7. The molecule has 2 aliphatic rings. The number of aliphatic imine (C=N–C) groups is 3. The summed E-state index contributed by atoms with van der Waals surface area (Å²) in [4.78, 5) is 15.7. The molecule has 10 rings (SSSR count). The van der Waals surface area contributed by atoms with Gasteiger partial charge in [0.25, 0.3) is 0 Å². The van der Waals surface area contributed by atoms with Gasteiger partial charge in [-0.2, -0.15) is 5.26 Å². The van der Waals surface area contributed by atoms with Gasteiger partial charge in [-0.05, 0) is 68.4 Å². The largest absolute Gasteiger partial charge is 0.359 e. The van der Waals surface area contributed by atoms with Crippen LogP contribution in [0.25, 0.3) is 38.7 Å². The minimum atomic E-state index is -0.507. The highest BCUT2D eigenvalue weighted by molar-refractivity contribution is 6.20. The van der Waals surface area contributed by atoms with Crippen molar-refractivity contribution in [1.82, 2.24) is 10.6 Å². The molecular formula is C54H38N6. The quantitative estimate of drug-likeness (QED) is 0.161. The fourth-order valence-electron chi connectivity index (χ4n) is 8.04. The minimum Gasteiger partial charge on any atom is -0.359 e. The van der Waals surface area contributed by atoms with Gasteiger partial charge in [0.2, 0.25) is 0 Å². The molecule has 8 aromatic rings. The van der Waals surface area contributed by atoms with Crippen LogP contribution in [0.15, 0.2) is 221 Å². The third-order valence-electron chi connectivity index (χ3n) is 11.0. The van der Waals surface area contributed by atoms with Gasteiger partial charge < -0.3 is 10.6 Å². The number of nitrogens with zero attached hydrogens (tertiary/aromatic N) is 4. The molecule has 2 heterocycles. The minimum absolute atomic E-state index is 0.304. The van der Waals surface area contributed by atoms with Gasteiger partial charge in [-0.3, -0.25) is 4.99 Å². The van der Waals surface area contributed by atoms with Gasteiger partial charge in [0, 0.05) is 28.0 Å². The third kappa shape index (κ3) is 7.17. The summed E-state index contributed by atoms with van der Waals surface area (Å²) in [6.45, 7) is 0. The van der Waals surface area contributed by atoms with E-state index in [0.29, 0.717) is 5.56 Å². The van der Waals surface area contributed by atoms with Gasteiger partial charge in [-0.15, -0.1) is 0 Å². The normalized spacial score (nSPS) is 15.1. The molecule has 0 amide bonds. The Morgan fingerprint density at radius 2 is 1.03 bits per heavy atom. The zero-order valence-corrected chi connectivity index (χ0v) is 32.6. The SMILES string of the molecule is N#Cc1ccc(-c2cc(C3N=C(c4ccccc4)NC(c4ccccc4)=N3)ccc2-c2ccccc2C2=CC(c3cccc4ccccc34)=NC(c3ccccc3)N2)cc1. The van der Waals surface area contributed by atoms with Crippen LogP contribution in [0.4, 0.5) is 0 Å².